The Labute approximate surface area is 187 Å². The fraction of sp³-hybridized carbons (Fsp3) is 0.375. The Morgan fingerprint density at radius 1 is 1.22 bits per heavy atom. The third kappa shape index (κ3) is 4.18. The molecular formula is C24H28N6O2. The van der Waals surface area contributed by atoms with Crippen molar-refractivity contribution in [3.63, 3.8) is 0 Å². The van der Waals surface area contributed by atoms with E-state index in [1.807, 2.05) is 30.5 Å². The molecule has 32 heavy (non-hydrogen) atoms. The number of anilines is 1. The Kier molecular flexibility index (Phi) is 5.77. The van der Waals surface area contributed by atoms with Gasteiger partial charge in [-0.25, -0.2) is 0 Å². The Balaban J connectivity index is 1.46. The van der Waals surface area contributed by atoms with Gasteiger partial charge in [0.2, 0.25) is 5.95 Å². The van der Waals surface area contributed by atoms with Crippen LogP contribution >= 0.6 is 0 Å². The third-order valence-corrected chi connectivity index (χ3v) is 5.76. The summed E-state index contributed by atoms with van der Waals surface area (Å²) in [5.74, 6) is 1.74. The summed E-state index contributed by atoms with van der Waals surface area (Å²) in [6.45, 7) is 6.67. The number of benzene rings is 1. The van der Waals surface area contributed by atoms with Gasteiger partial charge in [-0.1, -0.05) is 38.1 Å². The molecule has 0 amide bonds. The molecule has 1 unspecified atom stereocenters. The van der Waals surface area contributed by atoms with Crippen molar-refractivity contribution in [3.05, 3.63) is 60.0 Å². The molecule has 0 spiro atoms. The first kappa shape index (κ1) is 20.5. The monoisotopic (exact) mass is 432 g/mol. The maximum Gasteiger partial charge on any atom is 0.322 e. The van der Waals surface area contributed by atoms with E-state index in [0.717, 1.165) is 54.0 Å². The maximum atomic E-state index is 6.16. The van der Waals surface area contributed by atoms with Gasteiger partial charge in [-0.3, -0.25) is 0 Å². The molecule has 1 aliphatic rings. The van der Waals surface area contributed by atoms with Crippen molar-refractivity contribution in [2.24, 2.45) is 0 Å². The molecule has 8 nitrogen and oxygen atoms in total. The van der Waals surface area contributed by atoms with Gasteiger partial charge >= 0.3 is 6.01 Å². The lowest BCUT2D eigenvalue weighted by Crippen LogP contribution is -2.37. The number of rotatable bonds is 7. The minimum Gasteiger partial charge on any atom is -0.464 e. The minimum atomic E-state index is 0.0733. The van der Waals surface area contributed by atoms with E-state index >= 15 is 0 Å². The van der Waals surface area contributed by atoms with Gasteiger partial charge in [0.15, 0.2) is 5.65 Å². The highest BCUT2D eigenvalue weighted by atomic mass is 16.5. The Morgan fingerprint density at radius 3 is 2.91 bits per heavy atom. The topological polar surface area (TPSA) is 89.5 Å². The molecule has 5 rings (SSSR count). The Bertz CT molecular complexity index is 1180. The number of hydrogen-bond acceptors (Lipinski definition) is 7. The first-order chi connectivity index (χ1) is 15.7. The smallest absolute Gasteiger partial charge is 0.322 e. The molecule has 8 heteroatoms. The largest absolute Gasteiger partial charge is 0.464 e. The molecule has 1 saturated heterocycles. The Morgan fingerprint density at radius 2 is 2.12 bits per heavy atom. The second-order valence-electron chi connectivity index (χ2n) is 8.39. The molecular weight excluding hydrogens is 404 g/mol. The molecule has 2 N–H and O–H groups in total. The molecule has 1 atom stereocenters. The third-order valence-electron chi connectivity index (χ3n) is 5.76. The summed E-state index contributed by atoms with van der Waals surface area (Å²) in [5, 5.41) is 11.4. The van der Waals surface area contributed by atoms with Crippen molar-refractivity contribution < 1.29 is 9.15 Å². The molecule has 1 aromatic carbocycles. The van der Waals surface area contributed by atoms with E-state index in [2.05, 4.69) is 46.7 Å². The van der Waals surface area contributed by atoms with E-state index in [-0.39, 0.29) is 6.10 Å². The molecule has 3 aromatic heterocycles. The zero-order valence-electron chi connectivity index (χ0n) is 18.4. The molecule has 0 aliphatic carbocycles. The van der Waals surface area contributed by atoms with Crippen LogP contribution in [-0.2, 0) is 6.54 Å². The maximum absolute atomic E-state index is 6.16. The fourth-order valence-corrected chi connectivity index (χ4v) is 4.04. The number of fused-ring (bicyclic) bond motifs is 1. The first-order valence-electron chi connectivity index (χ1n) is 11.2. The number of ether oxygens (including phenoxy) is 1. The van der Waals surface area contributed by atoms with Crippen LogP contribution in [0.15, 0.2) is 53.3 Å². The molecule has 0 saturated carbocycles. The molecule has 4 aromatic rings. The van der Waals surface area contributed by atoms with Crippen molar-refractivity contribution in [2.45, 2.75) is 45.3 Å². The zero-order chi connectivity index (χ0) is 21.9. The second kappa shape index (κ2) is 9.00. The molecule has 0 radical (unpaired) electrons. The average molecular weight is 433 g/mol. The van der Waals surface area contributed by atoms with E-state index in [1.54, 1.807) is 10.8 Å². The lowest BCUT2D eigenvalue weighted by Gasteiger charge is -2.23. The number of nitrogens with zero attached hydrogens (tertiary/aromatic N) is 4. The molecule has 1 aliphatic heterocycles. The summed E-state index contributed by atoms with van der Waals surface area (Å²) in [4.78, 5) is 9.39. The highest BCUT2D eigenvalue weighted by Gasteiger charge is 2.20. The lowest BCUT2D eigenvalue weighted by molar-refractivity contribution is 0.153. The van der Waals surface area contributed by atoms with Crippen LogP contribution in [-0.4, -0.2) is 38.8 Å². The molecule has 166 valence electrons. The predicted molar refractivity (Wildman–Crippen MR) is 123 cm³/mol. The van der Waals surface area contributed by atoms with Gasteiger partial charge in [0, 0.05) is 24.2 Å². The van der Waals surface area contributed by atoms with Crippen LogP contribution in [0, 0.1) is 0 Å². The van der Waals surface area contributed by atoms with Crippen LogP contribution in [0.5, 0.6) is 6.01 Å². The van der Waals surface area contributed by atoms with Gasteiger partial charge in [0.1, 0.15) is 11.9 Å². The first-order valence-corrected chi connectivity index (χ1v) is 11.2. The van der Waals surface area contributed by atoms with Gasteiger partial charge in [-0.05, 0) is 43.0 Å². The average Bonchev–Trinajstić information content (AvgIpc) is 3.49. The van der Waals surface area contributed by atoms with Gasteiger partial charge in [0.05, 0.1) is 12.5 Å². The number of piperidine rings is 1. The summed E-state index contributed by atoms with van der Waals surface area (Å²) in [6, 6.07) is 12.4. The van der Waals surface area contributed by atoms with Crippen LogP contribution < -0.4 is 15.4 Å². The summed E-state index contributed by atoms with van der Waals surface area (Å²) in [5.41, 5.74) is 3.99. The Hall–Kier alpha value is -3.39. The van der Waals surface area contributed by atoms with E-state index in [0.29, 0.717) is 24.4 Å². The summed E-state index contributed by atoms with van der Waals surface area (Å²) in [7, 11) is 0. The highest BCUT2D eigenvalue weighted by molar-refractivity contribution is 5.62. The summed E-state index contributed by atoms with van der Waals surface area (Å²) >= 11 is 0. The van der Waals surface area contributed by atoms with Crippen LogP contribution in [0.3, 0.4) is 0 Å². The molecule has 1 fully saturated rings. The van der Waals surface area contributed by atoms with Crippen molar-refractivity contribution in [2.75, 3.05) is 18.4 Å². The van der Waals surface area contributed by atoms with Crippen LogP contribution in [0.2, 0.25) is 0 Å². The van der Waals surface area contributed by atoms with Gasteiger partial charge < -0.3 is 19.8 Å². The van der Waals surface area contributed by atoms with Gasteiger partial charge in [-0.2, -0.15) is 19.6 Å². The molecule has 0 bridgehead atoms. The van der Waals surface area contributed by atoms with E-state index in [1.165, 1.54) is 0 Å². The summed E-state index contributed by atoms with van der Waals surface area (Å²) in [6.07, 6.45) is 5.71. The van der Waals surface area contributed by atoms with Crippen LogP contribution in [0.1, 0.15) is 43.7 Å². The van der Waals surface area contributed by atoms with E-state index in [9.17, 15) is 0 Å². The van der Waals surface area contributed by atoms with Crippen molar-refractivity contribution >= 4 is 11.6 Å². The predicted octanol–water partition coefficient (Wildman–Crippen LogP) is 4.25. The summed E-state index contributed by atoms with van der Waals surface area (Å²) < 4.78 is 13.5. The van der Waals surface area contributed by atoms with Crippen molar-refractivity contribution in [1.29, 1.82) is 0 Å². The fourth-order valence-electron chi connectivity index (χ4n) is 4.04. The van der Waals surface area contributed by atoms with Crippen LogP contribution in [0.4, 0.5) is 5.95 Å². The standard InChI is InChI=1S/C24H28N6O2/c1-16(2)20-15-27-30-22(20)28-24(32-18-8-5-11-25-14-18)29-23(30)26-13-17-7-3-4-9-19(17)21-10-6-12-31-21/h3-4,6-7,9-10,12,15-16,18,25H,5,8,11,13-14H2,1-2H3,(H,26,28,29). The van der Waals surface area contributed by atoms with Gasteiger partial charge in [0.25, 0.3) is 0 Å². The van der Waals surface area contributed by atoms with E-state index in [4.69, 9.17) is 14.1 Å². The number of furan rings is 1. The number of aromatic nitrogens is 4. The molecule has 4 heterocycles. The number of hydrogen-bond donors (Lipinski definition) is 2. The lowest BCUT2D eigenvalue weighted by atomic mass is 10.1. The zero-order valence-corrected chi connectivity index (χ0v) is 18.4. The van der Waals surface area contributed by atoms with Crippen molar-refractivity contribution in [3.8, 4) is 17.3 Å². The quantitative estimate of drug-likeness (QED) is 0.451. The van der Waals surface area contributed by atoms with Gasteiger partial charge in [-0.15, -0.1) is 0 Å². The normalized spacial score (nSPS) is 16.5. The second-order valence-corrected chi connectivity index (χ2v) is 8.39. The highest BCUT2D eigenvalue weighted by Crippen LogP contribution is 2.26. The van der Waals surface area contributed by atoms with Crippen molar-refractivity contribution in [1.82, 2.24) is 24.9 Å². The van der Waals surface area contributed by atoms with Crippen LogP contribution in [0.25, 0.3) is 17.0 Å². The van der Waals surface area contributed by atoms with E-state index < -0.39 is 0 Å². The SMILES string of the molecule is CC(C)c1cnn2c(NCc3ccccc3-c3ccco3)nc(OC3CCCNC3)nc12. The minimum absolute atomic E-state index is 0.0733. The number of nitrogens with one attached hydrogen (secondary N) is 2.